The van der Waals surface area contributed by atoms with Crippen molar-refractivity contribution >= 4 is 33.4 Å². The molecule has 1 N–H and O–H groups in total. The molecule has 0 aliphatic heterocycles. The highest BCUT2D eigenvalue weighted by molar-refractivity contribution is 7.18. The van der Waals surface area contributed by atoms with Crippen molar-refractivity contribution in [3.05, 3.63) is 51.3 Å². The van der Waals surface area contributed by atoms with Gasteiger partial charge in [0.1, 0.15) is 17.1 Å². The molecule has 2 amide bonds. The van der Waals surface area contributed by atoms with Gasteiger partial charge in [0.15, 0.2) is 0 Å². The molecule has 0 fully saturated rings. The van der Waals surface area contributed by atoms with Crippen LogP contribution in [0.15, 0.2) is 33.9 Å². The van der Waals surface area contributed by atoms with Crippen LogP contribution in [0.25, 0.3) is 10.2 Å². The molecule has 1 aliphatic carbocycles. The van der Waals surface area contributed by atoms with E-state index in [1.165, 1.54) is 34.0 Å². The van der Waals surface area contributed by atoms with Crippen molar-refractivity contribution in [3.63, 3.8) is 0 Å². The molecule has 28 heavy (non-hydrogen) atoms. The SMILES string of the molecule is CN(CC(=O)NCc1ccco1)C(=O)Cn1cnc2sc3c(c2c1=O)CCC3. The van der Waals surface area contributed by atoms with E-state index in [9.17, 15) is 14.4 Å². The number of furan rings is 1. The minimum Gasteiger partial charge on any atom is -0.467 e. The Bertz CT molecular complexity index is 1080. The summed E-state index contributed by atoms with van der Waals surface area (Å²) in [6, 6.07) is 3.49. The molecule has 0 saturated heterocycles. The van der Waals surface area contributed by atoms with Gasteiger partial charge in [-0.2, -0.15) is 0 Å². The second-order valence-electron chi connectivity index (χ2n) is 6.82. The zero-order valence-corrected chi connectivity index (χ0v) is 16.3. The van der Waals surface area contributed by atoms with Gasteiger partial charge in [0, 0.05) is 11.9 Å². The number of carbonyl (C=O) groups excluding carboxylic acids is 2. The van der Waals surface area contributed by atoms with Gasteiger partial charge < -0.3 is 14.6 Å². The van der Waals surface area contributed by atoms with Crippen molar-refractivity contribution in [2.45, 2.75) is 32.4 Å². The fourth-order valence-corrected chi connectivity index (χ4v) is 4.58. The molecule has 4 rings (SSSR count). The lowest BCUT2D eigenvalue weighted by Crippen LogP contribution is -2.40. The Morgan fingerprint density at radius 2 is 2.25 bits per heavy atom. The van der Waals surface area contributed by atoms with Crippen molar-refractivity contribution in [2.24, 2.45) is 0 Å². The Morgan fingerprint density at radius 3 is 3.04 bits per heavy atom. The molecular formula is C19H20N4O4S. The molecule has 0 unspecified atom stereocenters. The molecular weight excluding hydrogens is 380 g/mol. The predicted molar refractivity (Wildman–Crippen MR) is 104 cm³/mol. The van der Waals surface area contributed by atoms with Crippen LogP contribution in [0, 0.1) is 0 Å². The van der Waals surface area contributed by atoms with Gasteiger partial charge in [-0.1, -0.05) is 0 Å². The van der Waals surface area contributed by atoms with Gasteiger partial charge in [-0.25, -0.2) is 4.98 Å². The quantitative estimate of drug-likeness (QED) is 0.673. The van der Waals surface area contributed by atoms with Crippen LogP contribution in [0.2, 0.25) is 0 Å². The minimum atomic E-state index is -0.330. The standard InChI is InChI=1S/C19H20N4O4S/c1-22(9-15(24)20-8-12-4-3-7-27-12)16(25)10-23-11-21-18-17(19(23)26)13-5-2-6-14(13)28-18/h3-4,7,11H,2,5-6,8-10H2,1H3,(H,20,24). The number of nitrogens with zero attached hydrogens (tertiary/aromatic N) is 3. The lowest BCUT2D eigenvalue weighted by Gasteiger charge is -2.17. The highest BCUT2D eigenvalue weighted by Gasteiger charge is 2.22. The summed E-state index contributed by atoms with van der Waals surface area (Å²) in [5.41, 5.74) is 0.901. The Hall–Kier alpha value is -2.94. The smallest absolute Gasteiger partial charge is 0.262 e. The average molecular weight is 400 g/mol. The number of hydrogen-bond acceptors (Lipinski definition) is 6. The molecule has 3 heterocycles. The number of likely N-dealkylation sites (N-methyl/N-ethyl adjacent to an activating group) is 1. The van der Waals surface area contributed by atoms with Gasteiger partial charge in [-0.05, 0) is 37.0 Å². The molecule has 146 valence electrons. The summed E-state index contributed by atoms with van der Waals surface area (Å²) in [7, 11) is 1.54. The maximum atomic E-state index is 12.8. The summed E-state index contributed by atoms with van der Waals surface area (Å²) in [6.07, 6.45) is 5.88. The van der Waals surface area contributed by atoms with Crippen molar-refractivity contribution in [1.82, 2.24) is 19.8 Å². The third-order valence-electron chi connectivity index (χ3n) is 4.84. The van der Waals surface area contributed by atoms with Gasteiger partial charge in [-0.15, -0.1) is 11.3 Å². The Labute approximate surface area is 164 Å². The number of hydrogen-bond donors (Lipinski definition) is 1. The number of amides is 2. The molecule has 0 bridgehead atoms. The van der Waals surface area contributed by atoms with Crippen LogP contribution >= 0.6 is 11.3 Å². The molecule has 9 heteroatoms. The maximum absolute atomic E-state index is 12.8. The lowest BCUT2D eigenvalue weighted by atomic mass is 10.2. The molecule has 3 aromatic heterocycles. The molecule has 0 saturated carbocycles. The number of fused-ring (bicyclic) bond motifs is 3. The third-order valence-corrected chi connectivity index (χ3v) is 6.04. The first kappa shape index (κ1) is 18.4. The molecule has 0 atom stereocenters. The van der Waals surface area contributed by atoms with E-state index in [1.54, 1.807) is 23.5 Å². The van der Waals surface area contributed by atoms with Gasteiger partial charge in [0.2, 0.25) is 11.8 Å². The topological polar surface area (TPSA) is 97.4 Å². The van der Waals surface area contributed by atoms with Crippen molar-refractivity contribution in [1.29, 1.82) is 0 Å². The summed E-state index contributed by atoms with van der Waals surface area (Å²) in [5, 5.41) is 3.33. The largest absolute Gasteiger partial charge is 0.467 e. The molecule has 0 radical (unpaired) electrons. The Balaban J connectivity index is 1.41. The predicted octanol–water partition coefficient (Wildman–Crippen LogP) is 1.31. The van der Waals surface area contributed by atoms with Gasteiger partial charge in [0.25, 0.3) is 5.56 Å². The zero-order chi connectivity index (χ0) is 19.7. The number of rotatable bonds is 6. The molecule has 8 nitrogen and oxygen atoms in total. The van der Waals surface area contributed by atoms with Crippen LogP contribution in [-0.4, -0.2) is 39.9 Å². The van der Waals surface area contributed by atoms with Crippen LogP contribution in [0.3, 0.4) is 0 Å². The normalized spacial score (nSPS) is 12.9. The monoisotopic (exact) mass is 400 g/mol. The molecule has 0 spiro atoms. The van der Waals surface area contributed by atoms with Gasteiger partial charge >= 0.3 is 0 Å². The van der Waals surface area contributed by atoms with E-state index in [2.05, 4.69) is 10.3 Å². The first-order chi connectivity index (χ1) is 13.5. The second kappa shape index (κ2) is 7.59. The first-order valence-electron chi connectivity index (χ1n) is 9.05. The Kier molecular flexibility index (Phi) is 4.99. The number of aryl methyl sites for hydroxylation is 2. The Morgan fingerprint density at radius 1 is 1.39 bits per heavy atom. The van der Waals surface area contributed by atoms with Crippen LogP contribution < -0.4 is 10.9 Å². The summed E-state index contributed by atoms with van der Waals surface area (Å²) in [4.78, 5) is 45.0. The summed E-state index contributed by atoms with van der Waals surface area (Å²) < 4.78 is 6.48. The number of nitrogens with one attached hydrogen (secondary N) is 1. The van der Waals surface area contributed by atoms with Crippen LogP contribution in [0.1, 0.15) is 22.6 Å². The van der Waals surface area contributed by atoms with Crippen molar-refractivity contribution in [3.8, 4) is 0 Å². The summed E-state index contributed by atoms with van der Waals surface area (Å²) >= 11 is 1.57. The van der Waals surface area contributed by atoms with Crippen molar-refractivity contribution < 1.29 is 14.0 Å². The average Bonchev–Trinajstić information content (AvgIpc) is 3.39. The highest BCUT2D eigenvalue weighted by Crippen LogP contribution is 2.34. The fourth-order valence-electron chi connectivity index (χ4n) is 3.36. The van der Waals surface area contributed by atoms with E-state index >= 15 is 0 Å². The van der Waals surface area contributed by atoms with E-state index in [-0.39, 0.29) is 37.0 Å². The number of aromatic nitrogens is 2. The maximum Gasteiger partial charge on any atom is 0.262 e. The van der Waals surface area contributed by atoms with Crippen LogP contribution in [0.4, 0.5) is 0 Å². The van der Waals surface area contributed by atoms with E-state index in [0.717, 1.165) is 29.7 Å². The molecule has 1 aliphatic rings. The zero-order valence-electron chi connectivity index (χ0n) is 15.4. The lowest BCUT2D eigenvalue weighted by molar-refractivity contribution is -0.135. The summed E-state index contributed by atoms with van der Waals surface area (Å²) in [5.74, 6) is 0.00338. The minimum absolute atomic E-state index is 0.0994. The highest BCUT2D eigenvalue weighted by atomic mass is 32.1. The van der Waals surface area contributed by atoms with E-state index in [1.807, 2.05) is 0 Å². The third kappa shape index (κ3) is 3.57. The van der Waals surface area contributed by atoms with Crippen molar-refractivity contribution in [2.75, 3.05) is 13.6 Å². The van der Waals surface area contributed by atoms with E-state index < -0.39 is 0 Å². The van der Waals surface area contributed by atoms with Gasteiger partial charge in [-0.3, -0.25) is 19.0 Å². The molecule has 3 aromatic rings. The number of thiophene rings is 1. The second-order valence-corrected chi connectivity index (χ2v) is 7.90. The first-order valence-corrected chi connectivity index (χ1v) is 9.87. The van der Waals surface area contributed by atoms with Gasteiger partial charge in [0.05, 0.1) is 31.1 Å². The van der Waals surface area contributed by atoms with E-state index in [4.69, 9.17) is 4.42 Å². The molecule has 0 aromatic carbocycles. The van der Waals surface area contributed by atoms with E-state index in [0.29, 0.717) is 11.1 Å². The van der Waals surface area contributed by atoms with Crippen LogP contribution in [0.5, 0.6) is 0 Å². The van der Waals surface area contributed by atoms with Crippen LogP contribution in [-0.2, 0) is 35.5 Å². The number of carbonyl (C=O) groups is 2. The fraction of sp³-hybridized carbons (Fsp3) is 0.368. The summed E-state index contributed by atoms with van der Waals surface area (Å²) in [6.45, 7) is 0.0172.